The van der Waals surface area contributed by atoms with Crippen LogP contribution in [0.25, 0.3) is 0 Å². The Hall–Kier alpha value is -1.17. The fourth-order valence-electron chi connectivity index (χ4n) is 2.82. The molecule has 1 aliphatic heterocycles. The van der Waals surface area contributed by atoms with Crippen molar-refractivity contribution >= 4 is 28.6 Å². The van der Waals surface area contributed by atoms with Gasteiger partial charge in [-0.1, -0.05) is 12.1 Å². The summed E-state index contributed by atoms with van der Waals surface area (Å²) in [7, 11) is 0. The van der Waals surface area contributed by atoms with E-state index in [2.05, 4.69) is 27.7 Å². The van der Waals surface area contributed by atoms with E-state index in [1.165, 1.54) is 35.6 Å². The summed E-state index contributed by atoms with van der Waals surface area (Å²) in [6.07, 6.45) is 2.44. The highest BCUT2D eigenvalue weighted by Gasteiger charge is 2.21. The van der Waals surface area contributed by atoms with Crippen LogP contribution in [0.15, 0.2) is 35.0 Å². The zero-order chi connectivity index (χ0) is 14.5. The molecule has 3 rings (SSSR count). The van der Waals surface area contributed by atoms with Gasteiger partial charge in [-0.2, -0.15) is 0 Å². The number of carbonyl (C=O) groups is 1. The molecule has 0 saturated carbocycles. The third-order valence-electron chi connectivity index (χ3n) is 3.86. The highest BCUT2D eigenvalue weighted by atomic mass is 32.1. The molecule has 1 amide bonds. The second-order valence-electron chi connectivity index (χ2n) is 5.51. The van der Waals surface area contributed by atoms with Crippen molar-refractivity contribution in [3.05, 3.63) is 44.8 Å². The number of amides is 1. The molecule has 0 aliphatic carbocycles. The Labute approximate surface area is 133 Å². The minimum atomic E-state index is 0.0698. The van der Waals surface area contributed by atoms with Gasteiger partial charge in [0, 0.05) is 24.5 Å². The maximum absolute atomic E-state index is 12.0. The van der Waals surface area contributed by atoms with Crippen LogP contribution < -0.4 is 5.32 Å². The van der Waals surface area contributed by atoms with Crippen LogP contribution in [-0.4, -0.2) is 30.4 Å². The lowest BCUT2D eigenvalue weighted by molar-refractivity contribution is 0.0935. The fourth-order valence-corrected chi connectivity index (χ4v) is 4.20. The summed E-state index contributed by atoms with van der Waals surface area (Å²) in [4.78, 5) is 16.7. The maximum Gasteiger partial charge on any atom is 0.261 e. The number of piperidine rings is 1. The lowest BCUT2D eigenvalue weighted by Crippen LogP contribution is -2.40. The van der Waals surface area contributed by atoms with Crippen molar-refractivity contribution < 1.29 is 4.79 Å². The van der Waals surface area contributed by atoms with Gasteiger partial charge in [-0.3, -0.25) is 9.69 Å². The SMILES string of the molecule is O=C(NC[C@@H]1CCCN(Cc2cccs2)C1)c1cccs1. The van der Waals surface area contributed by atoms with Gasteiger partial charge in [-0.25, -0.2) is 0 Å². The van der Waals surface area contributed by atoms with Gasteiger partial charge in [-0.05, 0) is 48.2 Å². The molecule has 1 aliphatic rings. The lowest BCUT2D eigenvalue weighted by Gasteiger charge is -2.32. The largest absolute Gasteiger partial charge is 0.351 e. The Morgan fingerprint density at radius 1 is 1.29 bits per heavy atom. The molecule has 2 aromatic rings. The smallest absolute Gasteiger partial charge is 0.261 e. The van der Waals surface area contributed by atoms with E-state index >= 15 is 0 Å². The third kappa shape index (κ3) is 4.15. The number of nitrogens with one attached hydrogen (secondary N) is 1. The summed E-state index contributed by atoms with van der Waals surface area (Å²) in [6, 6.07) is 8.11. The summed E-state index contributed by atoms with van der Waals surface area (Å²) < 4.78 is 0. The highest BCUT2D eigenvalue weighted by Crippen LogP contribution is 2.20. The number of nitrogens with zero attached hydrogens (tertiary/aromatic N) is 1. The average Bonchev–Trinajstić information content (AvgIpc) is 3.18. The molecule has 21 heavy (non-hydrogen) atoms. The van der Waals surface area contributed by atoms with E-state index in [1.54, 1.807) is 0 Å². The molecular weight excluding hydrogens is 300 g/mol. The molecule has 0 bridgehead atoms. The number of thiophene rings is 2. The molecule has 3 nitrogen and oxygen atoms in total. The van der Waals surface area contributed by atoms with Gasteiger partial charge in [-0.15, -0.1) is 22.7 Å². The number of likely N-dealkylation sites (tertiary alicyclic amines) is 1. The predicted molar refractivity (Wildman–Crippen MR) is 89.0 cm³/mol. The molecule has 0 spiro atoms. The van der Waals surface area contributed by atoms with Crippen molar-refractivity contribution in [1.29, 1.82) is 0 Å². The average molecular weight is 320 g/mol. The van der Waals surface area contributed by atoms with Crippen molar-refractivity contribution in [2.75, 3.05) is 19.6 Å². The van der Waals surface area contributed by atoms with Crippen molar-refractivity contribution in [2.24, 2.45) is 5.92 Å². The Balaban J connectivity index is 1.46. The van der Waals surface area contributed by atoms with E-state index in [1.807, 2.05) is 28.8 Å². The first kappa shape index (κ1) is 14.8. The van der Waals surface area contributed by atoms with Crippen LogP contribution in [-0.2, 0) is 6.54 Å². The monoisotopic (exact) mass is 320 g/mol. The standard InChI is InChI=1S/C16H20N2OS2/c19-16(15-6-3-9-21-15)17-10-13-4-1-7-18(11-13)12-14-5-2-8-20-14/h2-3,5-6,8-9,13H,1,4,7,10-12H2,(H,17,19)/t13-/m0/s1. The van der Waals surface area contributed by atoms with E-state index in [0.717, 1.165) is 24.5 Å². The minimum absolute atomic E-state index is 0.0698. The van der Waals surface area contributed by atoms with E-state index in [4.69, 9.17) is 0 Å². The predicted octanol–water partition coefficient (Wildman–Crippen LogP) is 3.45. The first-order chi connectivity index (χ1) is 10.3. The van der Waals surface area contributed by atoms with E-state index in [0.29, 0.717) is 5.92 Å². The Kier molecular flexibility index (Phi) is 5.06. The van der Waals surface area contributed by atoms with Gasteiger partial charge in [0.25, 0.3) is 5.91 Å². The molecule has 2 aromatic heterocycles. The lowest BCUT2D eigenvalue weighted by atomic mass is 9.98. The number of hydrogen-bond acceptors (Lipinski definition) is 4. The fraction of sp³-hybridized carbons (Fsp3) is 0.438. The van der Waals surface area contributed by atoms with Crippen molar-refractivity contribution in [3.8, 4) is 0 Å². The van der Waals surface area contributed by atoms with Crippen LogP contribution in [0.4, 0.5) is 0 Å². The Bertz CT molecular complexity index is 551. The van der Waals surface area contributed by atoms with Crippen molar-refractivity contribution in [3.63, 3.8) is 0 Å². The highest BCUT2D eigenvalue weighted by molar-refractivity contribution is 7.12. The molecule has 5 heteroatoms. The molecular formula is C16H20N2OS2. The van der Waals surface area contributed by atoms with Crippen LogP contribution >= 0.6 is 22.7 Å². The number of rotatable bonds is 5. The van der Waals surface area contributed by atoms with Gasteiger partial charge in [0.2, 0.25) is 0 Å². The van der Waals surface area contributed by atoms with Gasteiger partial charge in [0.15, 0.2) is 0 Å². The van der Waals surface area contributed by atoms with Crippen LogP contribution in [0, 0.1) is 5.92 Å². The molecule has 1 fully saturated rings. The van der Waals surface area contributed by atoms with E-state index in [9.17, 15) is 4.79 Å². The quantitative estimate of drug-likeness (QED) is 0.915. The Morgan fingerprint density at radius 2 is 2.14 bits per heavy atom. The topological polar surface area (TPSA) is 32.3 Å². The number of hydrogen-bond donors (Lipinski definition) is 1. The van der Waals surface area contributed by atoms with Gasteiger partial charge in [0.05, 0.1) is 4.88 Å². The van der Waals surface area contributed by atoms with Crippen LogP contribution in [0.2, 0.25) is 0 Å². The van der Waals surface area contributed by atoms with Gasteiger partial charge >= 0.3 is 0 Å². The molecule has 1 atom stereocenters. The minimum Gasteiger partial charge on any atom is -0.351 e. The molecule has 1 saturated heterocycles. The van der Waals surface area contributed by atoms with Crippen LogP contribution in [0.5, 0.6) is 0 Å². The van der Waals surface area contributed by atoms with Gasteiger partial charge < -0.3 is 5.32 Å². The second kappa shape index (κ2) is 7.20. The molecule has 112 valence electrons. The Morgan fingerprint density at radius 3 is 2.90 bits per heavy atom. The third-order valence-corrected chi connectivity index (χ3v) is 5.59. The molecule has 0 radical (unpaired) electrons. The van der Waals surface area contributed by atoms with Gasteiger partial charge in [0.1, 0.15) is 0 Å². The summed E-state index contributed by atoms with van der Waals surface area (Å²) in [5, 5.41) is 7.16. The van der Waals surface area contributed by atoms with Crippen molar-refractivity contribution in [2.45, 2.75) is 19.4 Å². The molecule has 0 aromatic carbocycles. The summed E-state index contributed by atoms with van der Waals surface area (Å²) in [5.41, 5.74) is 0. The van der Waals surface area contributed by atoms with E-state index < -0.39 is 0 Å². The summed E-state index contributed by atoms with van der Waals surface area (Å²) >= 11 is 3.32. The van der Waals surface area contributed by atoms with Crippen LogP contribution in [0.3, 0.4) is 0 Å². The zero-order valence-electron chi connectivity index (χ0n) is 12.0. The molecule has 0 unspecified atom stereocenters. The second-order valence-corrected chi connectivity index (χ2v) is 7.49. The first-order valence-corrected chi connectivity index (χ1v) is 9.13. The summed E-state index contributed by atoms with van der Waals surface area (Å²) in [5.74, 6) is 0.642. The number of carbonyl (C=O) groups excluding carboxylic acids is 1. The maximum atomic E-state index is 12.0. The molecule has 1 N–H and O–H groups in total. The molecule has 3 heterocycles. The first-order valence-electron chi connectivity index (χ1n) is 7.37. The van der Waals surface area contributed by atoms with Crippen molar-refractivity contribution in [1.82, 2.24) is 10.2 Å². The van der Waals surface area contributed by atoms with Crippen LogP contribution in [0.1, 0.15) is 27.4 Å². The summed E-state index contributed by atoms with van der Waals surface area (Å²) in [6.45, 7) is 4.10. The van der Waals surface area contributed by atoms with E-state index in [-0.39, 0.29) is 5.91 Å². The zero-order valence-corrected chi connectivity index (χ0v) is 13.6. The normalized spacial score (nSPS) is 19.5.